The zero-order valence-corrected chi connectivity index (χ0v) is 12.8. The van der Waals surface area contributed by atoms with Crippen LogP contribution in [0.2, 0.25) is 0 Å². The van der Waals surface area contributed by atoms with Crippen LogP contribution < -0.4 is 10.6 Å². The molecular formula is C17H22N2S. The van der Waals surface area contributed by atoms with Crippen molar-refractivity contribution in [2.75, 3.05) is 18.0 Å². The average molecular weight is 286 g/mol. The predicted molar refractivity (Wildman–Crippen MR) is 87.7 cm³/mol. The molecule has 0 aliphatic carbocycles. The number of piperidine rings is 1. The van der Waals surface area contributed by atoms with Gasteiger partial charge < -0.3 is 10.6 Å². The summed E-state index contributed by atoms with van der Waals surface area (Å²) in [5, 5.41) is 4.36. The molecule has 1 aliphatic heterocycles. The van der Waals surface area contributed by atoms with E-state index in [0.717, 1.165) is 25.9 Å². The summed E-state index contributed by atoms with van der Waals surface area (Å²) in [5.74, 6) is 0.546. The molecule has 2 nitrogen and oxygen atoms in total. The smallest absolute Gasteiger partial charge is 0.0475 e. The van der Waals surface area contributed by atoms with Crippen LogP contribution in [-0.2, 0) is 6.42 Å². The summed E-state index contributed by atoms with van der Waals surface area (Å²) >= 11 is 1.75. The molecule has 1 aromatic heterocycles. The van der Waals surface area contributed by atoms with Crippen molar-refractivity contribution in [1.29, 1.82) is 0 Å². The third-order valence-electron chi connectivity index (χ3n) is 4.21. The highest BCUT2D eigenvalue weighted by Gasteiger charge is 2.26. The number of thiophene rings is 1. The zero-order valence-electron chi connectivity index (χ0n) is 12.0. The van der Waals surface area contributed by atoms with Gasteiger partial charge in [0.1, 0.15) is 0 Å². The molecule has 2 N–H and O–H groups in total. The summed E-state index contributed by atoms with van der Waals surface area (Å²) < 4.78 is 0. The molecular weight excluding hydrogens is 264 g/mol. The Balaban J connectivity index is 1.78. The Hall–Kier alpha value is -1.32. The molecule has 0 amide bonds. The van der Waals surface area contributed by atoms with E-state index >= 15 is 0 Å². The molecule has 1 fully saturated rings. The number of hydrogen-bond donors (Lipinski definition) is 1. The van der Waals surface area contributed by atoms with E-state index in [1.54, 1.807) is 11.3 Å². The highest BCUT2D eigenvalue weighted by atomic mass is 32.1. The number of nitrogens with two attached hydrogens (primary N) is 1. The SMILES string of the molecule is CCc1ccc(C2CC(N)CN(c3ccsc3)C2)cc1. The highest BCUT2D eigenvalue weighted by Crippen LogP contribution is 2.30. The van der Waals surface area contributed by atoms with Crippen LogP contribution in [0.3, 0.4) is 0 Å². The molecule has 1 aromatic carbocycles. The lowest BCUT2D eigenvalue weighted by Crippen LogP contribution is -2.46. The minimum Gasteiger partial charge on any atom is -0.369 e. The van der Waals surface area contributed by atoms with E-state index in [1.165, 1.54) is 16.8 Å². The van der Waals surface area contributed by atoms with Crippen LogP contribution >= 0.6 is 11.3 Å². The van der Waals surface area contributed by atoms with Gasteiger partial charge in [0.05, 0.1) is 0 Å². The van der Waals surface area contributed by atoms with Gasteiger partial charge >= 0.3 is 0 Å². The van der Waals surface area contributed by atoms with E-state index < -0.39 is 0 Å². The number of aryl methyl sites for hydroxylation is 1. The minimum absolute atomic E-state index is 0.263. The number of anilines is 1. The standard InChI is InChI=1S/C17H22N2S/c1-2-13-3-5-14(6-4-13)15-9-16(18)11-19(10-15)17-7-8-20-12-17/h3-8,12,15-16H,2,9-11,18H2,1H3. The Bertz CT molecular complexity index is 533. The largest absolute Gasteiger partial charge is 0.369 e. The minimum atomic E-state index is 0.263. The number of benzene rings is 1. The Morgan fingerprint density at radius 1 is 1.20 bits per heavy atom. The molecule has 0 radical (unpaired) electrons. The summed E-state index contributed by atoms with van der Waals surface area (Å²) in [4.78, 5) is 2.43. The molecule has 2 atom stereocenters. The molecule has 2 heterocycles. The van der Waals surface area contributed by atoms with Gasteiger partial charge in [0.25, 0.3) is 0 Å². The summed E-state index contributed by atoms with van der Waals surface area (Å²) in [6.45, 7) is 4.25. The van der Waals surface area contributed by atoms with Gasteiger partial charge in [-0.25, -0.2) is 0 Å². The van der Waals surface area contributed by atoms with Gasteiger partial charge in [-0.1, -0.05) is 31.2 Å². The molecule has 1 saturated heterocycles. The zero-order chi connectivity index (χ0) is 13.9. The maximum Gasteiger partial charge on any atom is 0.0475 e. The topological polar surface area (TPSA) is 29.3 Å². The molecule has 1 aliphatic rings. The van der Waals surface area contributed by atoms with Gasteiger partial charge in [-0.3, -0.25) is 0 Å². The first-order valence-electron chi connectivity index (χ1n) is 7.38. The van der Waals surface area contributed by atoms with E-state index in [9.17, 15) is 0 Å². The molecule has 106 valence electrons. The van der Waals surface area contributed by atoms with Crippen molar-refractivity contribution < 1.29 is 0 Å². The quantitative estimate of drug-likeness (QED) is 0.933. The number of hydrogen-bond acceptors (Lipinski definition) is 3. The van der Waals surface area contributed by atoms with Crippen LogP contribution in [-0.4, -0.2) is 19.1 Å². The first-order valence-corrected chi connectivity index (χ1v) is 8.32. The van der Waals surface area contributed by atoms with Gasteiger partial charge in [-0.2, -0.15) is 11.3 Å². The molecule has 2 unspecified atom stereocenters. The van der Waals surface area contributed by atoms with E-state index in [-0.39, 0.29) is 6.04 Å². The third-order valence-corrected chi connectivity index (χ3v) is 4.88. The van der Waals surface area contributed by atoms with Gasteiger partial charge in [-0.15, -0.1) is 0 Å². The summed E-state index contributed by atoms with van der Waals surface area (Å²) in [5.41, 5.74) is 10.4. The fraction of sp³-hybridized carbons (Fsp3) is 0.412. The van der Waals surface area contributed by atoms with Crippen molar-refractivity contribution in [1.82, 2.24) is 0 Å². The Morgan fingerprint density at radius 2 is 2.00 bits per heavy atom. The summed E-state index contributed by atoms with van der Waals surface area (Å²) in [6, 6.07) is 11.5. The van der Waals surface area contributed by atoms with E-state index in [0.29, 0.717) is 5.92 Å². The first kappa shape index (κ1) is 13.7. The average Bonchev–Trinajstić information content (AvgIpc) is 3.01. The maximum atomic E-state index is 6.28. The number of rotatable bonds is 3. The van der Waals surface area contributed by atoms with Gasteiger partial charge in [0, 0.05) is 36.1 Å². The van der Waals surface area contributed by atoms with Crippen LogP contribution in [0.1, 0.15) is 30.4 Å². The molecule has 2 aromatic rings. The molecule has 20 heavy (non-hydrogen) atoms. The van der Waals surface area contributed by atoms with Crippen molar-refractivity contribution in [3.8, 4) is 0 Å². The predicted octanol–water partition coefficient (Wildman–Crippen LogP) is 3.63. The van der Waals surface area contributed by atoms with Crippen molar-refractivity contribution in [2.45, 2.75) is 31.7 Å². The van der Waals surface area contributed by atoms with Crippen LogP contribution in [0.5, 0.6) is 0 Å². The van der Waals surface area contributed by atoms with E-state index in [2.05, 4.69) is 52.9 Å². The van der Waals surface area contributed by atoms with Gasteiger partial charge in [-0.05, 0) is 35.4 Å². The molecule has 0 saturated carbocycles. The summed E-state index contributed by atoms with van der Waals surface area (Å²) in [7, 11) is 0. The van der Waals surface area contributed by atoms with Crippen LogP contribution in [0.25, 0.3) is 0 Å². The lowest BCUT2D eigenvalue weighted by atomic mass is 9.87. The van der Waals surface area contributed by atoms with Crippen molar-refractivity contribution in [3.63, 3.8) is 0 Å². The first-order chi connectivity index (χ1) is 9.76. The van der Waals surface area contributed by atoms with Crippen LogP contribution in [0.4, 0.5) is 5.69 Å². The molecule has 0 spiro atoms. The second kappa shape index (κ2) is 5.98. The fourth-order valence-electron chi connectivity index (χ4n) is 3.05. The molecule has 3 rings (SSSR count). The molecule has 0 bridgehead atoms. The second-order valence-electron chi connectivity index (χ2n) is 5.67. The Labute approximate surface area is 125 Å². The lowest BCUT2D eigenvalue weighted by molar-refractivity contribution is 0.454. The second-order valence-corrected chi connectivity index (χ2v) is 6.45. The van der Waals surface area contributed by atoms with Crippen molar-refractivity contribution >= 4 is 17.0 Å². The van der Waals surface area contributed by atoms with Gasteiger partial charge in [0.2, 0.25) is 0 Å². The highest BCUT2D eigenvalue weighted by molar-refractivity contribution is 7.08. The Kier molecular flexibility index (Phi) is 4.08. The Morgan fingerprint density at radius 3 is 2.65 bits per heavy atom. The van der Waals surface area contributed by atoms with Crippen molar-refractivity contribution in [3.05, 3.63) is 52.2 Å². The third kappa shape index (κ3) is 2.89. The normalized spacial score (nSPS) is 23.0. The van der Waals surface area contributed by atoms with E-state index in [4.69, 9.17) is 5.73 Å². The summed E-state index contributed by atoms with van der Waals surface area (Å²) in [6.07, 6.45) is 2.19. The lowest BCUT2D eigenvalue weighted by Gasteiger charge is -2.37. The number of nitrogens with zero attached hydrogens (tertiary/aromatic N) is 1. The van der Waals surface area contributed by atoms with E-state index in [1.807, 2.05) is 0 Å². The monoisotopic (exact) mass is 286 g/mol. The fourth-order valence-corrected chi connectivity index (χ4v) is 3.72. The van der Waals surface area contributed by atoms with Crippen LogP contribution in [0.15, 0.2) is 41.1 Å². The van der Waals surface area contributed by atoms with Crippen LogP contribution in [0, 0.1) is 0 Å². The maximum absolute atomic E-state index is 6.28. The van der Waals surface area contributed by atoms with Gasteiger partial charge in [0.15, 0.2) is 0 Å². The molecule has 3 heteroatoms. The van der Waals surface area contributed by atoms with Crippen molar-refractivity contribution in [2.24, 2.45) is 5.73 Å².